The van der Waals surface area contributed by atoms with E-state index in [1.54, 1.807) is 6.92 Å². The van der Waals surface area contributed by atoms with Crippen LogP contribution in [0.4, 0.5) is 0 Å². The molecule has 0 amide bonds. The lowest BCUT2D eigenvalue weighted by atomic mass is 9.47. The zero-order valence-corrected chi connectivity index (χ0v) is 29.9. The smallest absolute Gasteiger partial charge is 0.302 e. The molecule has 4 nitrogen and oxygen atoms in total. The Kier molecular flexibility index (Phi) is 10.2. The molecule has 0 radical (unpaired) electrons. The third kappa shape index (κ3) is 5.77. The Bertz CT molecular complexity index is 894. The van der Waals surface area contributed by atoms with Crippen LogP contribution in [0, 0.1) is 40.4 Å². The van der Waals surface area contributed by atoms with Crippen LogP contribution in [0.25, 0.3) is 0 Å². The van der Waals surface area contributed by atoms with Gasteiger partial charge in [0, 0.05) is 44.4 Å². The number of ether oxygens (including phenoxy) is 1. The van der Waals surface area contributed by atoms with Gasteiger partial charge >= 0.3 is 5.97 Å². The molecule has 0 N–H and O–H groups in total. The van der Waals surface area contributed by atoms with Gasteiger partial charge in [0.25, 0.3) is 0 Å². The molecule has 4 fully saturated rings. The molecule has 1 aliphatic heterocycles. The van der Waals surface area contributed by atoms with Crippen molar-refractivity contribution in [1.29, 1.82) is 0 Å². The van der Waals surface area contributed by atoms with E-state index in [1.807, 2.05) is 5.57 Å². The Morgan fingerprint density at radius 2 is 1.76 bits per heavy atom. The average Bonchev–Trinajstić information content (AvgIpc) is 3.32. The maximum absolute atomic E-state index is 12.0. The van der Waals surface area contributed by atoms with Crippen molar-refractivity contribution < 1.29 is 66.5 Å². The van der Waals surface area contributed by atoms with Crippen LogP contribution in [-0.2, 0) is 9.53 Å². The van der Waals surface area contributed by atoms with Gasteiger partial charge in [-0.3, -0.25) is 4.79 Å². The lowest BCUT2D eigenvalue weighted by Gasteiger charge is -2.59. The van der Waals surface area contributed by atoms with Crippen LogP contribution in [-0.4, -0.2) is 74.9 Å². The molecule has 3 saturated carbocycles. The highest BCUT2D eigenvalue weighted by atomic mass is 127. The number of carbonyl (C=O) groups excluding carboxylic acids is 1. The second kappa shape index (κ2) is 11.7. The van der Waals surface area contributed by atoms with Crippen molar-refractivity contribution in [3.05, 3.63) is 11.6 Å². The summed E-state index contributed by atoms with van der Waals surface area (Å²) in [6.07, 6.45) is 15.1. The molecule has 5 aliphatic rings. The van der Waals surface area contributed by atoms with E-state index in [4.69, 9.17) is 4.74 Å². The number of quaternary nitrogens is 2. The van der Waals surface area contributed by atoms with E-state index in [-0.39, 0.29) is 65.4 Å². The van der Waals surface area contributed by atoms with Crippen LogP contribution in [0.15, 0.2) is 11.6 Å². The van der Waals surface area contributed by atoms with E-state index in [2.05, 4.69) is 55.0 Å². The van der Waals surface area contributed by atoms with Crippen molar-refractivity contribution in [3.8, 4) is 0 Å². The summed E-state index contributed by atoms with van der Waals surface area (Å²) >= 11 is 0. The van der Waals surface area contributed by atoms with Crippen LogP contribution < -0.4 is 48.0 Å². The summed E-state index contributed by atoms with van der Waals surface area (Å²) in [6.45, 7) is 13.0. The fourth-order valence-corrected chi connectivity index (χ4v) is 11.0. The molecule has 1 heterocycles. The van der Waals surface area contributed by atoms with Crippen molar-refractivity contribution in [2.24, 2.45) is 40.4 Å². The highest BCUT2D eigenvalue weighted by Gasteiger charge is 2.63. The molecule has 6 heteroatoms. The summed E-state index contributed by atoms with van der Waals surface area (Å²) in [4.78, 5) is 12.0. The Morgan fingerprint density at radius 3 is 2.37 bits per heavy atom. The molecule has 5 rings (SSSR count). The summed E-state index contributed by atoms with van der Waals surface area (Å²) < 4.78 is 8.27. The third-order valence-electron chi connectivity index (χ3n) is 12.5. The van der Waals surface area contributed by atoms with Crippen LogP contribution in [0.5, 0.6) is 0 Å². The number of nitrogens with zero attached hydrogens (tertiary/aromatic N) is 2. The summed E-state index contributed by atoms with van der Waals surface area (Å²) in [5.41, 5.74) is 2.53. The fourth-order valence-electron chi connectivity index (χ4n) is 11.0. The largest absolute Gasteiger partial charge is 1.00 e. The first-order chi connectivity index (χ1) is 16.8. The third-order valence-corrected chi connectivity index (χ3v) is 12.5. The van der Waals surface area contributed by atoms with Crippen molar-refractivity contribution >= 4 is 5.97 Å². The molecule has 1 unspecified atom stereocenters. The Balaban J connectivity index is 0.00000200. The van der Waals surface area contributed by atoms with Gasteiger partial charge in [0.05, 0.1) is 53.9 Å². The van der Waals surface area contributed by atoms with Crippen LogP contribution in [0.2, 0.25) is 0 Å². The minimum atomic E-state index is -0.115. The number of rotatable bonds is 5. The van der Waals surface area contributed by atoms with Gasteiger partial charge in [0.1, 0.15) is 6.10 Å². The summed E-state index contributed by atoms with van der Waals surface area (Å²) in [7, 11) is 9.55. The van der Waals surface area contributed by atoms with Crippen LogP contribution in [0.1, 0.15) is 85.5 Å². The second-order valence-electron chi connectivity index (χ2n) is 15.6. The zero-order chi connectivity index (χ0) is 26.1. The molecule has 9 atom stereocenters. The number of hydrogen-bond donors (Lipinski definition) is 0. The highest BCUT2D eigenvalue weighted by molar-refractivity contribution is 5.66. The van der Waals surface area contributed by atoms with E-state index in [0.29, 0.717) is 17.3 Å². The van der Waals surface area contributed by atoms with Gasteiger partial charge in [0.15, 0.2) is 0 Å². The number of allylic oxidation sites excluding steroid dienone is 1. The first-order valence-corrected chi connectivity index (χ1v) is 15.3. The topological polar surface area (TPSA) is 26.3 Å². The lowest BCUT2D eigenvalue weighted by Crippen LogP contribution is -3.00. The van der Waals surface area contributed by atoms with E-state index in [0.717, 1.165) is 28.3 Å². The number of esters is 1. The van der Waals surface area contributed by atoms with Crippen LogP contribution in [0.3, 0.4) is 0 Å². The normalized spacial score (nSPS) is 42.4. The fraction of sp³-hybridized carbons (Fsp3) is 0.906. The Labute approximate surface area is 268 Å². The highest BCUT2D eigenvalue weighted by Crippen LogP contribution is 2.68. The lowest BCUT2D eigenvalue weighted by molar-refractivity contribution is -0.923. The maximum Gasteiger partial charge on any atom is 0.302 e. The monoisotopic (exact) mass is 754 g/mol. The number of hydrogen-bond acceptors (Lipinski definition) is 2. The second-order valence-corrected chi connectivity index (χ2v) is 15.6. The molecule has 0 spiro atoms. The molecular formula is C32H56I2N2O2. The van der Waals surface area contributed by atoms with E-state index in [1.165, 1.54) is 81.9 Å². The Hall–Kier alpha value is 0.590. The quantitative estimate of drug-likeness (QED) is 0.172. The van der Waals surface area contributed by atoms with Crippen molar-refractivity contribution in [3.63, 3.8) is 0 Å². The first kappa shape index (κ1) is 33.1. The Morgan fingerprint density at radius 1 is 1.11 bits per heavy atom. The summed E-state index contributed by atoms with van der Waals surface area (Å²) in [6, 6.07) is 0.853. The average molecular weight is 755 g/mol. The molecule has 4 aliphatic carbocycles. The molecule has 0 aromatic heterocycles. The molecule has 0 aromatic rings. The zero-order valence-electron chi connectivity index (χ0n) is 25.6. The SMILES string of the molecule is CC(=O)OC(C)[C@H]1[C@H](C[N+](C)(C)C)C[C@H]2[C@@H]3CC=C4C[C@@H]([N+]5(C)CCCC5)CC[C@]4(C)[C@H]3CC[C@@]21C.[I-].[I-]. The van der Waals surface area contributed by atoms with Gasteiger partial charge in [-0.1, -0.05) is 25.5 Å². The molecule has 0 bridgehead atoms. The standard InChI is InChI=1S/C32H56N2O2.2HI/c1-22(36-23(2)35)30-24(21-33(5,6)7)19-29-27-12-11-25-20-26(34(8)17-9-10-18-34)13-15-31(25,3)28(27)14-16-32(29,30)4;;/h11,22,24,26-30H,9-10,12-21H2,1-8H3;2*1H/q+2;;/p-2/t22?,24-,26-,27+,28-,29-,30-,31-,32-;;/m0../s1. The van der Waals surface area contributed by atoms with Crippen molar-refractivity contribution in [1.82, 2.24) is 0 Å². The predicted octanol–water partition coefficient (Wildman–Crippen LogP) is 0.0663. The molecule has 0 aromatic carbocycles. The van der Waals surface area contributed by atoms with E-state index in [9.17, 15) is 4.79 Å². The van der Waals surface area contributed by atoms with Crippen LogP contribution >= 0.6 is 0 Å². The minimum absolute atomic E-state index is 0. The summed E-state index contributed by atoms with van der Waals surface area (Å²) in [5.74, 6) is 3.38. The molecular weight excluding hydrogens is 698 g/mol. The maximum atomic E-state index is 12.0. The predicted molar refractivity (Wildman–Crippen MR) is 147 cm³/mol. The number of likely N-dealkylation sites (tertiary alicyclic amines) is 1. The number of carbonyl (C=O) groups is 1. The number of halogens is 2. The van der Waals surface area contributed by atoms with Gasteiger partial charge in [0.2, 0.25) is 0 Å². The van der Waals surface area contributed by atoms with E-state index < -0.39 is 0 Å². The van der Waals surface area contributed by atoms with Gasteiger partial charge in [-0.05, 0) is 67.6 Å². The van der Waals surface area contributed by atoms with Crippen molar-refractivity contribution in [2.45, 2.75) is 97.6 Å². The summed E-state index contributed by atoms with van der Waals surface area (Å²) in [5, 5.41) is 0. The van der Waals surface area contributed by atoms with Gasteiger partial charge in [-0.25, -0.2) is 0 Å². The van der Waals surface area contributed by atoms with Gasteiger partial charge < -0.3 is 61.7 Å². The van der Waals surface area contributed by atoms with Gasteiger partial charge in [-0.15, -0.1) is 0 Å². The minimum Gasteiger partial charge on any atom is -1.00 e. The number of fused-ring (bicyclic) bond motifs is 5. The molecule has 220 valence electrons. The van der Waals surface area contributed by atoms with Gasteiger partial charge in [-0.2, -0.15) is 0 Å². The molecule has 38 heavy (non-hydrogen) atoms. The molecule has 1 saturated heterocycles. The first-order valence-electron chi connectivity index (χ1n) is 15.3. The van der Waals surface area contributed by atoms with E-state index >= 15 is 0 Å². The van der Waals surface area contributed by atoms with Crippen molar-refractivity contribution in [2.75, 3.05) is 47.8 Å².